The Labute approximate surface area is 199 Å². The standard InChI is InChI=1S/C24H24F2N4O3S/c1-5-34-28-16-7-9-21(32-22-8-6-15(25)10-20(22)26)17(11-16)18-12-29(4)24(31)19-13-30(27-23(18)19)33-14(2)3/h6-14,28H,5H2,1-4H3. The van der Waals surface area contributed by atoms with E-state index in [4.69, 9.17) is 9.57 Å². The van der Waals surface area contributed by atoms with Crippen LogP contribution in [0.1, 0.15) is 20.8 Å². The normalized spacial score (nSPS) is 11.3. The molecule has 0 spiro atoms. The third-order valence-electron chi connectivity index (χ3n) is 4.86. The van der Waals surface area contributed by atoms with Gasteiger partial charge in [-0.25, -0.2) is 8.78 Å². The summed E-state index contributed by atoms with van der Waals surface area (Å²) in [5.41, 5.74) is 2.12. The highest BCUT2D eigenvalue weighted by atomic mass is 32.2. The van der Waals surface area contributed by atoms with Crippen molar-refractivity contribution in [3.63, 3.8) is 0 Å². The lowest BCUT2D eigenvalue weighted by molar-refractivity contribution is 0.0374. The van der Waals surface area contributed by atoms with Crippen LogP contribution in [0.5, 0.6) is 11.5 Å². The van der Waals surface area contributed by atoms with E-state index in [2.05, 4.69) is 9.82 Å². The summed E-state index contributed by atoms with van der Waals surface area (Å²) in [6.45, 7) is 5.73. The topological polar surface area (TPSA) is 70.3 Å². The molecule has 0 amide bonds. The van der Waals surface area contributed by atoms with Gasteiger partial charge >= 0.3 is 0 Å². The van der Waals surface area contributed by atoms with Gasteiger partial charge in [-0.15, -0.1) is 9.94 Å². The maximum Gasteiger partial charge on any atom is 0.261 e. The van der Waals surface area contributed by atoms with E-state index in [9.17, 15) is 13.6 Å². The number of nitrogens with zero attached hydrogens (tertiary/aromatic N) is 3. The van der Waals surface area contributed by atoms with E-state index in [1.165, 1.54) is 33.6 Å². The van der Waals surface area contributed by atoms with Gasteiger partial charge in [0.1, 0.15) is 23.2 Å². The molecule has 0 saturated heterocycles. The predicted octanol–water partition coefficient (Wildman–Crippen LogP) is 5.39. The monoisotopic (exact) mass is 486 g/mol. The van der Waals surface area contributed by atoms with Crippen LogP contribution in [-0.2, 0) is 7.05 Å². The number of hydrogen-bond acceptors (Lipinski definition) is 6. The second-order valence-electron chi connectivity index (χ2n) is 7.83. The number of nitrogens with one attached hydrogen (secondary N) is 1. The molecule has 0 radical (unpaired) electrons. The van der Waals surface area contributed by atoms with Crippen molar-refractivity contribution in [2.75, 3.05) is 10.5 Å². The van der Waals surface area contributed by atoms with E-state index in [-0.39, 0.29) is 17.4 Å². The summed E-state index contributed by atoms with van der Waals surface area (Å²) < 4.78 is 38.3. The lowest BCUT2D eigenvalue weighted by atomic mass is 10.0. The smallest absolute Gasteiger partial charge is 0.261 e. The summed E-state index contributed by atoms with van der Waals surface area (Å²) >= 11 is 1.51. The van der Waals surface area contributed by atoms with E-state index in [1.807, 2.05) is 26.8 Å². The molecule has 34 heavy (non-hydrogen) atoms. The third-order valence-corrected chi connectivity index (χ3v) is 5.53. The molecule has 0 aliphatic carbocycles. The van der Waals surface area contributed by atoms with Gasteiger partial charge in [0, 0.05) is 41.9 Å². The van der Waals surface area contributed by atoms with Crippen molar-refractivity contribution in [2.45, 2.75) is 26.9 Å². The highest BCUT2D eigenvalue weighted by Gasteiger charge is 2.19. The van der Waals surface area contributed by atoms with Crippen molar-refractivity contribution in [1.29, 1.82) is 0 Å². The molecule has 0 saturated carbocycles. The molecule has 4 rings (SSSR count). The summed E-state index contributed by atoms with van der Waals surface area (Å²) in [6.07, 6.45) is 3.04. The average molecular weight is 487 g/mol. The van der Waals surface area contributed by atoms with Crippen molar-refractivity contribution < 1.29 is 18.4 Å². The third kappa shape index (κ3) is 4.86. The van der Waals surface area contributed by atoms with E-state index in [1.54, 1.807) is 25.4 Å². The van der Waals surface area contributed by atoms with Gasteiger partial charge in [0.15, 0.2) is 11.6 Å². The number of pyridine rings is 1. The zero-order chi connectivity index (χ0) is 24.4. The van der Waals surface area contributed by atoms with Gasteiger partial charge in [-0.2, -0.15) is 0 Å². The summed E-state index contributed by atoms with van der Waals surface area (Å²) in [4.78, 5) is 19.7. The molecule has 0 bridgehead atoms. The van der Waals surface area contributed by atoms with Gasteiger partial charge in [0.05, 0.1) is 11.6 Å². The van der Waals surface area contributed by atoms with Gasteiger partial charge in [-0.3, -0.25) is 4.79 Å². The maximum atomic E-state index is 14.4. The zero-order valence-electron chi connectivity index (χ0n) is 19.1. The maximum absolute atomic E-state index is 14.4. The largest absolute Gasteiger partial charge is 0.454 e. The number of aryl methyl sites for hydroxylation is 1. The average Bonchev–Trinajstić information content (AvgIpc) is 3.20. The van der Waals surface area contributed by atoms with Crippen molar-refractivity contribution in [1.82, 2.24) is 14.5 Å². The van der Waals surface area contributed by atoms with Crippen molar-refractivity contribution in [2.24, 2.45) is 7.05 Å². The first-order chi connectivity index (χ1) is 16.3. The molecule has 0 aliphatic rings. The summed E-state index contributed by atoms with van der Waals surface area (Å²) in [6, 6.07) is 8.44. The number of benzene rings is 2. The highest BCUT2D eigenvalue weighted by molar-refractivity contribution is 8.00. The Hall–Kier alpha value is -3.53. The number of aromatic nitrogens is 3. The molecule has 4 aromatic rings. The highest BCUT2D eigenvalue weighted by Crippen LogP contribution is 2.39. The number of anilines is 1. The van der Waals surface area contributed by atoms with Crippen LogP contribution in [-0.4, -0.2) is 26.4 Å². The fourth-order valence-electron chi connectivity index (χ4n) is 3.40. The van der Waals surface area contributed by atoms with Gasteiger partial charge in [0.2, 0.25) is 0 Å². The molecule has 2 heterocycles. The van der Waals surface area contributed by atoms with Gasteiger partial charge < -0.3 is 18.9 Å². The van der Waals surface area contributed by atoms with Crippen LogP contribution in [0.2, 0.25) is 0 Å². The molecule has 0 fully saturated rings. The van der Waals surface area contributed by atoms with Crippen LogP contribution >= 0.6 is 11.9 Å². The minimum Gasteiger partial charge on any atom is -0.454 e. The predicted molar refractivity (Wildman–Crippen MR) is 130 cm³/mol. The van der Waals surface area contributed by atoms with Crippen LogP contribution in [0.25, 0.3) is 22.0 Å². The van der Waals surface area contributed by atoms with E-state index >= 15 is 0 Å². The van der Waals surface area contributed by atoms with Crippen LogP contribution in [0, 0.1) is 11.6 Å². The molecule has 10 heteroatoms. The molecule has 0 atom stereocenters. The number of hydrogen-bond donors (Lipinski definition) is 1. The number of halogens is 2. The minimum absolute atomic E-state index is 0.124. The molecule has 7 nitrogen and oxygen atoms in total. The molecule has 1 N–H and O–H groups in total. The Morgan fingerprint density at radius 3 is 2.56 bits per heavy atom. The van der Waals surface area contributed by atoms with E-state index in [0.717, 1.165) is 23.6 Å². The van der Waals surface area contributed by atoms with Crippen molar-refractivity contribution >= 4 is 28.5 Å². The van der Waals surface area contributed by atoms with Gasteiger partial charge in [0.25, 0.3) is 5.56 Å². The molecular weight excluding hydrogens is 462 g/mol. The molecule has 2 aromatic carbocycles. The first kappa shape index (κ1) is 23.6. The molecule has 0 aliphatic heterocycles. The first-order valence-electron chi connectivity index (χ1n) is 10.7. The van der Waals surface area contributed by atoms with Crippen LogP contribution < -0.4 is 19.9 Å². The Balaban J connectivity index is 1.91. The van der Waals surface area contributed by atoms with Gasteiger partial charge in [-0.1, -0.05) is 18.9 Å². The van der Waals surface area contributed by atoms with Crippen LogP contribution in [0.4, 0.5) is 14.5 Å². The first-order valence-corrected chi connectivity index (χ1v) is 11.7. The number of ether oxygens (including phenoxy) is 1. The Kier molecular flexibility index (Phi) is 6.78. The molecule has 178 valence electrons. The number of rotatable bonds is 8. The lowest BCUT2D eigenvalue weighted by Crippen LogP contribution is -2.19. The molecular formula is C24H24F2N4O3S. The van der Waals surface area contributed by atoms with E-state index in [0.29, 0.717) is 27.8 Å². The fraction of sp³-hybridized carbons (Fsp3) is 0.250. The SMILES string of the molecule is CCSNc1ccc(Oc2ccc(F)cc2F)c(-c2cn(C)c(=O)c3cn(OC(C)C)nc23)c1. The zero-order valence-corrected chi connectivity index (χ0v) is 20.0. The summed E-state index contributed by atoms with van der Waals surface area (Å²) in [5.74, 6) is -0.487. The summed E-state index contributed by atoms with van der Waals surface area (Å²) in [5, 5.41) is 4.84. The van der Waals surface area contributed by atoms with Gasteiger partial charge in [-0.05, 0) is 44.2 Å². The van der Waals surface area contributed by atoms with Crippen LogP contribution in [0.3, 0.4) is 0 Å². The second-order valence-corrected chi connectivity index (χ2v) is 8.90. The van der Waals surface area contributed by atoms with E-state index < -0.39 is 11.6 Å². The second kappa shape index (κ2) is 9.76. The quantitative estimate of drug-likeness (QED) is 0.337. The number of fused-ring (bicyclic) bond motifs is 1. The Bertz CT molecular complexity index is 1400. The minimum atomic E-state index is -0.824. The fourth-order valence-corrected chi connectivity index (χ4v) is 3.84. The molecule has 2 aromatic heterocycles. The van der Waals surface area contributed by atoms with Crippen LogP contribution in [0.15, 0.2) is 53.6 Å². The Morgan fingerprint density at radius 1 is 1.09 bits per heavy atom. The lowest BCUT2D eigenvalue weighted by Gasteiger charge is -2.15. The van der Waals surface area contributed by atoms with Crippen molar-refractivity contribution in [3.8, 4) is 22.6 Å². The summed E-state index contributed by atoms with van der Waals surface area (Å²) in [7, 11) is 1.64. The molecule has 0 unspecified atom stereocenters. The Morgan fingerprint density at radius 2 is 1.85 bits per heavy atom. The van der Waals surface area contributed by atoms with Crippen molar-refractivity contribution in [3.05, 3.63) is 70.8 Å².